The highest BCUT2D eigenvalue weighted by Crippen LogP contribution is 2.16. The lowest BCUT2D eigenvalue weighted by atomic mass is 10.1. The second-order valence-electron chi connectivity index (χ2n) is 5.08. The molecular weight excluding hydrogens is 343 g/mol. The Bertz CT molecular complexity index is 737. The van der Waals surface area contributed by atoms with E-state index >= 15 is 0 Å². The molecule has 134 valence electrons. The van der Waals surface area contributed by atoms with E-state index in [1.807, 2.05) is 0 Å². The molecule has 0 bridgehead atoms. The molecule has 2 rings (SSSR count). The van der Waals surface area contributed by atoms with Gasteiger partial charge in [0.05, 0.1) is 6.61 Å². The minimum absolute atomic E-state index is 0.130. The largest absolute Gasteiger partial charge is 0.475 e. The van der Waals surface area contributed by atoms with Crippen molar-refractivity contribution in [2.75, 3.05) is 6.61 Å². The minimum Gasteiger partial charge on any atom is -0.475 e. The first kappa shape index (κ1) is 18.5. The predicted octanol–water partition coefficient (Wildman–Crippen LogP) is 2.99. The zero-order valence-corrected chi connectivity index (χ0v) is 12.8. The van der Waals surface area contributed by atoms with E-state index in [0.29, 0.717) is 11.1 Å². The van der Waals surface area contributed by atoms with Crippen LogP contribution in [0.3, 0.4) is 0 Å². The number of rotatable bonds is 7. The third-order valence-electron chi connectivity index (χ3n) is 3.05. The molecule has 0 aliphatic rings. The molecule has 1 amide bonds. The van der Waals surface area contributed by atoms with Gasteiger partial charge in [-0.25, -0.2) is 4.79 Å². The van der Waals surface area contributed by atoms with Gasteiger partial charge in [-0.3, -0.25) is 4.79 Å². The van der Waals surface area contributed by atoms with Crippen LogP contribution in [-0.4, -0.2) is 29.8 Å². The molecule has 0 fully saturated rings. The highest BCUT2D eigenvalue weighted by molar-refractivity contribution is 5.93. The van der Waals surface area contributed by atoms with Crippen molar-refractivity contribution < 1.29 is 37.0 Å². The topological polar surface area (TPSA) is 88.8 Å². The van der Waals surface area contributed by atoms with Gasteiger partial charge in [0, 0.05) is 6.54 Å². The monoisotopic (exact) mass is 357 g/mol. The van der Waals surface area contributed by atoms with Crippen molar-refractivity contribution in [2.24, 2.45) is 0 Å². The molecular formula is C16H14F3NO5. The number of amides is 1. The first-order valence-corrected chi connectivity index (χ1v) is 7.08. The lowest BCUT2D eigenvalue weighted by molar-refractivity contribution is -0.176. The molecule has 2 N–H and O–H groups in total. The summed E-state index contributed by atoms with van der Waals surface area (Å²) in [6, 6.07) is 8.88. The number of furan rings is 1. The maximum atomic E-state index is 12.0. The van der Waals surface area contributed by atoms with Crippen molar-refractivity contribution in [1.29, 1.82) is 0 Å². The smallest absolute Gasteiger partial charge is 0.411 e. The fourth-order valence-corrected chi connectivity index (χ4v) is 1.88. The molecule has 0 saturated heterocycles. The average molecular weight is 357 g/mol. The van der Waals surface area contributed by atoms with Crippen molar-refractivity contribution in [3.05, 3.63) is 59.0 Å². The molecule has 1 aromatic carbocycles. The highest BCUT2D eigenvalue weighted by Gasteiger charge is 2.27. The number of benzene rings is 1. The molecule has 0 unspecified atom stereocenters. The van der Waals surface area contributed by atoms with Crippen LogP contribution in [0.1, 0.15) is 32.2 Å². The first-order valence-electron chi connectivity index (χ1n) is 7.08. The number of nitrogens with one attached hydrogen (secondary N) is 1. The highest BCUT2D eigenvalue weighted by atomic mass is 19.4. The zero-order valence-electron chi connectivity index (χ0n) is 12.8. The molecule has 0 atom stereocenters. The summed E-state index contributed by atoms with van der Waals surface area (Å²) in [6.07, 6.45) is -4.36. The lowest BCUT2D eigenvalue weighted by Crippen LogP contribution is -2.22. The summed E-state index contributed by atoms with van der Waals surface area (Å²) in [6.45, 7) is -1.34. The van der Waals surface area contributed by atoms with E-state index in [4.69, 9.17) is 9.52 Å². The summed E-state index contributed by atoms with van der Waals surface area (Å²) in [5.41, 5.74) is 1.27. The Morgan fingerprint density at radius 1 is 1.04 bits per heavy atom. The number of aromatic carboxylic acids is 1. The number of hydrogen-bond acceptors (Lipinski definition) is 4. The van der Waals surface area contributed by atoms with Gasteiger partial charge in [0.2, 0.25) is 5.76 Å². The van der Waals surface area contributed by atoms with Crippen LogP contribution in [0.5, 0.6) is 0 Å². The van der Waals surface area contributed by atoms with Crippen molar-refractivity contribution in [2.45, 2.75) is 19.3 Å². The van der Waals surface area contributed by atoms with Gasteiger partial charge < -0.3 is 19.6 Å². The molecule has 0 radical (unpaired) electrons. The van der Waals surface area contributed by atoms with E-state index in [1.165, 1.54) is 12.1 Å². The van der Waals surface area contributed by atoms with Gasteiger partial charge >= 0.3 is 12.1 Å². The molecule has 1 aromatic heterocycles. The molecule has 0 aliphatic carbocycles. The van der Waals surface area contributed by atoms with Gasteiger partial charge in [-0.05, 0) is 23.3 Å². The summed E-state index contributed by atoms with van der Waals surface area (Å²) >= 11 is 0. The number of hydrogen-bond donors (Lipinski definition) is 2. The van der Waals surface area contributed by atoms with E-state index in [0.717, 1.165) is 0 Å². The van der Waals surface area contributed by atoms with E-state index in [2.05, 4.69) is 10.1 Å². The third-order valence-corrected chi connectivity index (χ3v) is 3.05. The lowest BCUT2D eigenvalue weighted by Gasteiger charge is -2.08. The van der Waals surface area contributed by atoms with Crippen molar-refractivity contribution >= 4 is 11.9 Å². The van der Waals surface area contributed by atoms with E-state index in [9.17, 15) is 22.8 Å². The number of carbonyl (C=O) groups excluding carboxylic acids is 1. The maximum Gasteiger partial charge on any atom is 0.411 e. The normalized spacial score (nSPS) is 11.3. The van der Waals surface area contributed by atoms with E-state index in [-0.39, 0.29) is 24.7 Å². The van der Waals surface area contributed by atoms with Crippen molar-refractivity contribution in [1.82, 2.24) is 5.32 Å². The number of carboxylic acid groups (broad SMARTS) is 1. The van der Waals surface area contributed by atoms with Gasteiger partial charge in [0.25, 0.3) is 5.91 Å². The maximum absolute atomic E-state index is 12.0. The second-order valence-corrected chi connectivity index (χ2v) is 5.08. The van der Waals surface area contributed by atoms with Crippen molar-refractivity contribution in [3.8, 4) is 0 Å². The summed E-state index contributed by atoms with van der Waals surface area (Å²) in [5.74, 6) is -2.32. The molecule has 0 spiro atoms. The van der Waals surface area contributed by atoms with Crippen LogP contribution in [-0.2, 0) is 17.9 Å². The molecule has 0 saturated carbocycles. The standard InChI is InChI=1S/C16H14F3NO5/c17-16(18,19)9-24-8-11-3-1-10(2-4-11)7-20-14(21)12-5-6-13(25-12)15(22)23/h1-6H,7-9H2,(H,20,21)(H,22,23). The molecule has 9 heteroatoms. The number of alkyl halides is 3. The number of carbonyl (C=O) groups is 2. The molecule has 1 heterocycles. The van der Waals surface area contributed by atoms with Crippen LogP contribution in [0.25, 0.3) is 0 Å². The van der Waals surface area contributed by atoms with Gasteiger partial charge in [0.15, 0.2) is 5.76 Å². The SMILES string of the molecule is O=C(O)c1ccc(C(=O)NCc2ccc(COCC(F)(F)F)cc2)o1. The Kier molecular flexibility index (Phi) is 5.81. The molecule has 2 aromatic rings. The summed E-state index contributed by atoms with van der Waals surface area (Å²) in [4.78, 5) is 22.5. The Labute approximate surface area is 140 Å². The Balaban J connectivity index is 1.82. The van der Waals surface area contributed by atoms with Gasteiger partial charge in [-0.2, -0.15) is 13.2 Å². The predicted molar refractivity (Wildman–Crippen MR) is 79.0 cm³/mol. The van der Waals surface area contributed by atoms with Crippen LogP contribution in [0.2, 0.25) is 0 Å². The third kappa shape index (κ3) is 5.96. The fraction of sp³-hybridized carbons (Fsp3) is 0.250. The van der Waals surface area contributed by atoms with Crippen LogP contribution in [0.15, 0.2) is 40.8 Å². The molecule has 0 aliphatic heterocycles. The van der Waals surface area contributed by atoms with Crippen LogP contribution >= 0.6 is 0 Å². The summed E-state index contributed by atoms with van der Waals surface area (Å²) in [7, 11) is 0. The van der Waals surface area contributed by atoms with Crippen LogP contribution < -0.4 is 5.32 Å². The number of halogens is 3. The molecule has 25 heavy (non-hydrogen) atoms. The van der Waals surface area contributed by atoms with Gasteiger partial charge in [-0.15, -0.1) is 0 Å². The molecule has 6 nitrogen and oxygen atoms in total. The second kappa shape index (κ2) is 7.84. The van der Waals surface area contributed by atoms with Crippen LogP contribution in [0.4, 0.5) is 13.2 Å². The summed E-state index contributed by atoms with van der Waals surface area (Å²) < 4.78 is 45.3. The van der Waals surface area contributed by atoms with Gasteiger partial charge in [0.1, 0.15) is 6.61 Å². The first-order chi connectivity index (χ1) is 11.7. The number of ether oxygens (including phenoxy) is 1. The quantitative estimate of drug-likeness (QED) is 0.795. The Hall–Kier alpha value is -2.81. The van der Waals surface area contributed by atoms with Crippen LogP contribution in [0, 0.1) is 0 Å². The van der Waals surface area contributed by atoms with Crippen molar-refractivity contribution in [3.63, 3.8) is 0 Å². The zero-order chi connectivity index (χ0) is 18.4. The fourth-order valence-electron chi connectivity index (χ4n) is 1.88. The van der Waals surface area contributed by atoms with Gasteiger partial charge in [-0.1, -0.05) is 24.3 Å². The summed E-state index contributed by atoms with van der Waals surface area (Å²) in [5, 5.41) is 11.3. The number of carboxylic acids is 1. The Morgan fingerprint density at radius 2 is 1.64 bits per heavy atom. The van der Waals surface area contributed by atoms with E-state index in [1.54, 1.807) is 24.3 Å². The van der Waals surface area contributed by atoms with E-state index < -0.39 is 24.7 Å². The average Bonchev–Trinajstić information content (AvgIpc) is 3.03. The minimum atomic E-state index is -4.36. The Morgan fingerprint density at radius 3 is 2.20 bits per heavy atom.